The molecule has 218 valence electrons. The van der Waals surface area contributed by atoms with Gasteiger partial charge < -0.3 is 16.4 Å². The number of anilines is 1. The highest BCUT2D eigenvalue weighted by Crippen LogP contribution is 2.21. The van der Waals surface area contributed by atoms with Gasteiger partial charge in [-0.15, -0.1) is 0 Å². The molecule has 0 atom stereocenters. The van der Waals surface area contributed by atoms with Crippen molar-refractivity contribution in [1.29, 1.82) is 0 Å². The number of aliphatic imine (C=N–C) groups is 2. The second-order valence-electron chi connectivity index (χ2n) is 9.45. The van der Waals surface area contributed by atoms with Gasteiger partial charge in [0.2, 0.25) is 0 Å². The number of carbonyl (C=O) groups is 1. The monoisotopic (exact) mass is 627 g/mol. The fraction of sp³-hybridized carbons (Fsp3) is 0.212. The molecule has 0 bridgehead atoms. The summed E-state index contributed by atoms with van der Waals surface area (Å²) in [5.41, 5.74) is 14.5. The Hall–Kier alpha value is -4.50. The summed E-state index contributed by atoms with van der Waals surface area (Å²) in [6.07, 6.45) is 4.05. The van der Waals surface area contributed by atoms with Gasteiger partial charge in [0.05, 0.1) is 11.9 Å². The maximum atomic E-state index is 12.2. The maximum Gasteiger partial charge on any atom is 0.257 e. The van der Waals surface area contributed by atoms with Crippen LogP contribution in [0.3, 0.4) is 0 Å². The lowest BCUT2D eigenvalue weighted by atomic mass is 10.2. The molecule has 0 spiro atoms. The van der Waals surface area contributed by atoms with E-state index in [2.05, 4.69) is 80.0 Å². The lowest BCUT2D eigenvalue weighted by Crippen LogP contribution is -2.37. The number of nitrogens with one attached hydrogen (secondary N) is 1. The molecular formula is C33H38BrN7O. The summed E-state index contributed by atoms with van der Waals surface area (Å²) in [6.45, 7) is 7.69. The number of nitrogens with zero attached hydrogens (tertiary/aromatic N) is 4. The van der Waals surface area contributed by atoms with Crippen molar-refractivity contribution in [2.75, 3.05) is 18.0 Å². The molecule has 8 nitrogen and oxygen atoms in total. The fourth-order valence-electron chi connectivity index (χ4n) is 4.05. The molecule has 1 amide bonds. The fourth-order valence-corrected chi connectivity index (χ4v) is 4.32. The highest BCUT2D eigenvalue weighted by Gasteiger charge is 2.11. The summed E-state index contributed by atoms with van der Waals surface area (Å²) < 4.78 is 1.05. The van der Waals surface area contributed by atoms with Gasteiger partial charge in [0.1, 0.15) is 5.82 Å². The van der Waals surface area contributed by atoms with Gasteiger partial charge in [0.15, 0.2) is 5.96 Å². The van der Waals surface area contributed by atoms with E-state index in [4.69, 9.17) is 16.5 Å². The van der Waals surface area contributed by atoms with Crippen LogP contribution in [-0.4, -0.2) is 36.3 Å². The van der Waals surface area contributed by atoms with E-state index in [1.807, 2.05) is 48.5 Å². The molecule has 3 aromatic carbocycles. The molecule has 5 N–H and O–H groups in total. The molecule has 0 aliphatic rings. The quantitative estimate of drug-likeness (QED) is 0.100. The molecule has 0 unspecified atom stereocenters. The Balaban J connectivity index is 0.000000531. The van der Waals surface area contributed by atoms with Crippen molar-refractivity contribution >= 4 is 50.9 Å². The summed E-state index contributed by atoms with van der Waals surface area (Å²) in [7, 11) is 0. The Bertz CT molecular complexity index is 1490. The van der Waals surface area contributed by atoms with Gasteiger partial charge in [0, 0.05) is 40.8 Å². The molecule has 0 saturated carbocycles. The second kappa shape index (κ2) is 17.3. The Morgan fingerprint density at radius 2 is 1.74 bits per heavy atom. The van der Waals surface area contributed by atoms with Crippen LogP contribution in [0.25, 0.3) is 10.9 Å². The number of rotatable bonds is 11. The van der Waals surface area contributed by atoms with Gasteiger partial charge in [-0.2, -0.15) is 0 Å². The molecule has 0 saturated heterocycles. The third kappa shape index (κ3) is 10.8. The van der Waals surface area contributed by atoms with Crippen molar-refractivity contribution in [3.63, 3.8) is 0 Å². The highest BCUT2D eigenvalue weighted by atomic mass is 79.9. The summed E-state index contributed by atoms with van der Waals surface area (Å²) in [6, 6.07) is 29.5. The molecule has 0 radical (unpaired) electrons. The van der Waals surface area contributed by atoms with Crippen molar-refractivity contribution in [2.24, 2.45) is 21.5 Å². The Morgan fingerprint density at radius 3 is 2.45 bits per heavy atom. The molecule has 0 aliphatic heterocycles. The first kappa shape index (κ1) is 32.0. The van der Waals surface area contributed by atoms with E-state index in [0.717, 1.165) is 59.2 Å². The molecule has 1 aromatic heterocycles. The maximum absolute atomic E-state index is 12.2. The zero-order valence-corrected chi connectivity index (χ0v) is 25.5. The van der Waals surface area contributed by atoms with E-state index < -0.39 is 0 Å². The third-order valence-electron chi connectivity index (χ3n) is 6.14. The Kier molecular flexibility index (Phi) is 13.2. The van der Waals surface area contributed by atoms with Crippen molar-refractivity contribution in [3.8, 4) is 0 Å². The summed E-state index contributed by atoms with van der Waals surface area (Å²) in [4.78, 5) is 27.4. The number of pyridine rings is 1. The number of nitrogens with two attached hydrogens (primary N) is 2. The van der Waals surface area contributed by atoms with E-state index in [1.165, 1.54) is 11.9 Å². The molecular weight excluding hydrogens is 590 g/mol. The van der Waals surface area contributed by atoms with Crippen molar-refractivity contribution in [3.05, 3.63) is 119 Å². The number of hydrogen-bond donors (Lipinski definition) is 3. The molecule has 42 heavy (non-hydrogen) atoms. The standard InChI is InChI=1S/C27H26BrN5O.C6H12N2/c28-23-14-11-20(12-15-23)19-33(25-16-13-21-7-4-5-10-24(21)31-25)18-6-17-30-27(29)32-26(34)22-8-2-1-3-9-22;1-3-4-6(2)8-5-7/h1-5,7-16H,6,17-19H2,(H3,29,30,32,34);5H,2-4H2,1H3,(H2,7,8). The Morgan fingerprint density at radius 1 is 1.02 bits per heavy atom. The molecule has 9 heteroatoms. The van der Waals surface area contributed by atoms with Gasteiger partial charge in [0.25, 0.3) is 5.91 Å². The predicted molar refractivity (Wildman–Crippen MR) is 179 cm³/mol. The minimum atomic E-state index is -0.265. The van der Waals surface area contributed by atoms with Gasteiger partial charge in [-0.3, -0.25) is 15.1 Å². The van der Waals surface area contributed by atoms with Crippen LogP contribution in [0.15, 0.2) is 118 Å². The zero-order chi connectivity index (χ0) is 30.2. The minimum Gasteiger partial charge on any atom is -0.390 e. The van der Waals surface area contributed by atoms with Crippen LogP contribution in [0.2, 0.25) is 0 Å². The summed E-state index contributed by atoms with van der Waals surface area (Å²) in [5.74, 6) is 0.771. The van der Waals surface area contributed by atoms with Crippen LogP contribution < -0.4 is 21.7 Å². The number of para-hydroxylation sites is 1. The highest BCUT2D eigenvalue weighted by molar-refractivity contribution is 9.10. The first-order valence-electron chi connectivity index (χ1n) is 13.8. The number of fused-ring (bicyclic) bond motifs is 1. The van der Waals surface area contributed by atoms with Crippen molar-refractivity contribution in [1.82, 2.24) is 10.3 Å². The van der Waals surface area contributed by atoms with Gasteiger partial charge in [-0.05, 0) is 60.9 Å². The third-order valence-corrected chi connectivity index (χ3v) is 6.66. The van der Waals surface area contributed by atoms with Crippen LogP contribution in [-0.2, 0) is 6.54 Å². The Labute approximate surface area is 256 Å². The zero-order valence-electron chi connectivity index (χ0n) is 23.9. The minimum absolute atomic E-state index is 0.122. The van der Waals surface area contributed by atoms with Gasteiger partial charge in [-0.1, -0.05) is 84.4 Å². The van der Waals surface area contributed by atoms with Gasteiger partial charge in [-0.25, -0.2) is 9.98 Å². The molecule has 0 aliphatic carbocycles. The number of benzene rings is 3. The number of guanidine groups is 1. The molecule has 1 heterocycles. The van der Waals surface area contributed by atoms with E-state index in [0.29, 0.717) is 12.1 Å². The first-order valence-corrected chi connectivity index (χ1v) is 14.6. The average Bonchev–Trinajstić information content (AvgIpc) is 3.00. The van der Waals surface area contributed by atoms with E-state index in [-0.39, 0.29) is 11.9 Å². The normalized spacial score (nSPS) is 11.1. The van der Waals surface area contributed by atoms with Crippen LogP contribution >= 0.6 is 15.9 Å². The number of allylic oxidation sites excluding steroid dienone is 1. The van der Waals surface area contributed by atoms with Crippen molar-refractivity contribution in [2.45, 2.75) is 32.7 Å². The van der Waals surface area contributed by atoms with Crippen molar-refractivity contribution < 1.29 is 4.79 Å². The van der Waals surface area contributed by atoms with Crippen LogP contribution in [0.4, 0.5) is 5.82 Å². The summed E-state index contributed by atoms with van der Waals surface area (Å²) in [5, 5.41) is 3.75. The topological polar surface area (TPSA) is 122 Å². The van der Waals surface area contributed by atoms with Crippen LogP contribution in [0, 0.1) is 0 Å². The molecule has 4 rings (SSSR count). The summed E-state index contributed by atoms with van der Waals surface area (Å²) >= 11 is 3.50. The number of amides is 1. The number of carbonyl (C=O) groups excluding carboxylic acids is 1. The lowest BCUT2D eigenvalue weighted by Gasteiger charge is -2.24. The largest absolute Gasteiger partial charge is 0.390 e. The first-order chi connectivity index (χ1) is 20.4. The van der Waals surface area contributed by atoms with E-state index in [9.17, 15) is 4.79 Å². The smallest absolute Gasteiger partial charge is 0.257 e. The van der Waals surface area contributed by atoms with Gasteiger partial charge >= 0.3 is 0 Å². The average molecular weight is 629 g/mol. The lowest BCUT2D eigenvalue weighted by molar-refractivity contribution is 0.0976. The predicted octanol–water partition coefficient (Wildman–Crippen LogP) is 6.43. The van der Waals surface area contributed by atoms with E-state index >= 15 is 0 Å². The number of hydrogen-bond acceptors (Lipinski definition) is 5. The molecule has 4 aromatic rings. The number of halogens is 1. The second-order valence-corrected chi connectivity index (χ2v) is 10.4. The van der Waals surface area contributed by atoms with Crippen LogP contribution in [0.5, 0.6) is 0 Å². The van der Waals surface area contributed by atoms with Crippen LogP contribution in [0.1, 0.15) is 42.1 Å². The number of aromatic nitrogens is 1. The molecule has 0 fully saturated rings. The SMILES string of the molecule is C=C(CCC)N=CN.NC(=NCCCN(Cc1ccc(Br)cc1)c1ccc2ccccc2n1)NC(=O)c1ccccc1. The van der Waals surface area contributed by atoms with E-state index in [1.54, 1.807) is 12.1 Å².